The highest BCUT2D eigenvalue weighted by molar-refractivity contribution is 5.51. The first-order valence-electron chi connectivity index (χ1n) is 8.85. The van der Waals surface area contributed by atoms with Crippen molar-refractivity contribution in [2.45, 2.75) is 51.6 Å². The largest absolute Gasteiger partial charge is 0.419 e. The van der Waals surface area contributed by atoms with Crippen LogP contribution in [0, 0.1) is 17.8 Å². The lowest BCUT2D eigenvalue weighted by Gasteiger charge is -2.30. The molecule has 4 heteroatoms. The Morgan fingerprint density at radius 2 is 1.91 bits per heavy atom. The number of fused-ring (bicyclic) bond motifs is 2. The Balaban J connectivity index is 1.41. The lowest BCUT2D eigenvalue weighted by atomic mass is 9.84. The SMILES string of the molecule is CC(NC(C)C1CC2CCC1C2)c1nnc(-c2ccccc2)o1. The summed E-state index contributed by atoms with van der Waals surface area (Å²) in [6.07, 6.45) is 5.72. The van der Waals surface area contributed by atoms with Gasteiger partial charge in [-0.05, 0) is 63.0 Å². The van der Waals surface area contributed by atoms with Gasteiger partial charge in [0.2, 0.25) is 11.8 Å². The minimum Gasteiger partial charge on any atom is -0.419 e. The van der Waals surface area contributed by atoms with Gasteiger partial charge in [0.1, 0.15) is 0 Å². The van der Waals surface area contributed by atoms with Gasteiger partial charge in [0.05, 0.1) is 6.04 Å². The molecule has 122 valence electrons. The van der Waals surface area contributed by atoms with Crippen LogP contribution >= 0.6 is 0 Å². The van der Waals surface area contributed by atoms with E-state index in [-0.39, 0.29) is 6.04 Å². The fourth-order valence-electron chi connectivity index (χ4n) is 4.60. The van der Waals surface area contributed by atoms with Gasteiger partial charge in [0.25, 0.3) is 0 Å². The van der Waals surface area contributed by atoms with E-state index < -0.39 is 0 Å². The van der Waals surface area contributed by atoms with Crippen molar-refractivity contribution >= 4 is 0 Å². The highest BCUT2D eigenvalue weighted by Gasteiger charge is 2.42. The van der Waals surface area contributed by atoms with Crippen LogP contribution in [0.2, 0.25) is 0 Å². The summed E-state index contributed by atoms with van der Waals surface area (Å²) in [5.41, 5.74) is 0.972. The van der Waals surface area contributed by atoms with Gasteiger partial charge < -0.3 is 9.73 Å². The lowest BCUT2D eigenvalue weighted by Crippen LogP contribution is -2.37. The van der Waals surface area contributed by atoms with Gasteiger partial charge in [-0.2, -0.15) is 0 Å². The van der Waals surface area contributed by atoms with Gasteiger partial charge >= 0.3 is 0 Å². The van der Waals surface area contributed by atoms with Crippen molar-refractivity contribution in [1.82, 2.24) is 15.5 Å². The van der Waals surface area contributed by atoms with E-state index in [1.54, 1.807) is 0 Å². The number of hydrogen-bond donors (Lipinski definition) is 1. The van der Waals surface area contributed by atoms with E-state index in [4.69, 9.17) is 4.42 Å². The molecule has 2 saturated carbocycles. The summed E-state index contributed by atoms with van der Waals surface area (Å²) in [5, 5.41) is 12.1. The second kappa shape index (κ2) is 6.08. The molecule has 1 N–H and O–H groups in total. The Bertz CT molecular complexity index is 654. The average Bonchev–Trinajstić information content (AvgIpc) is 3.31. The van der Waals surface area contributed by atoms with E-state index in [0.29, 0.717) is 17.8 Å². The van der Waals surface area contributed by atoms with Crippen LogP contribution in [0.25, 0.3) is 11.5 Å². The van der Waals surface area contributed by atoms with Crippen molar-refractivity contribution in [3.63, 3.8) is 0 Å². The second-order valence-corrected chi connectivity index (χ2v) is 7.33. The van der Waals surface area contributed by atoms with Gasteiger partial charge in [0.15, 0.2) is 0 Å². The quantitative estimate of drug-likeness (QED) is 0.898. The van der Waals surface area contributed by atoms with Crippen molar-refractivity contribution in [3.05, 3.63) is 36.2 Å². The van der Waals surface area contributed by atoms with Gasteiger partial charge in [-0.1, -0.05) is 24.6 Å². The van der Waals surface area contributed by atoms with Crippen LogP contribution < -0.4 is 5.32 Å². The predicted octanol–water partition coefficient (Wildman–Crippen LogP) is 4.21. The summed E-state index contributed by atoms with van der Waals surface area (Å²) in [7, 11) is 0. The summed E-state index contributed by atoms with van der Waals surface area (Å²) in [6.45, 7) is 4.43. The molecule has 0 radical (unpaired) electrons. The van der Waals surface area contributed by atoms with Crippen molar-refractivity contribution < 1.29 is 4.42 Å². The van der Waals surface area contributed by atoms with Crippen LogP contribution in [0.3, 0.4) is 0 Å². The molecule has 5 unspecified atom stereocenters. The monoisotopic (exact) mass is 311 g/mol. The normalized spacial score (nSPS) is 28.9. The van der Waals surface area contributed by atoms with Crippen molar-refractivity contribution in [3.8, 4) is 11.5 Å². The number of aromatic nitrogens is 2. The zero-order valence-electron chi connectivity index (χ0n) is 13.9. The van der Waals surface area contributed by atoms with Crippen LogP contribution in [0.5, 0.6) is 0 Å². The van der Waals surface area contributed by atoms with Crippen LogP contribution in [0.15, 0.2) is 34.7 Å². The number of nitrogens with one attached hydrogen (secondary N) is 1. The number of nitrogens with zero attached hydrogens (tertiary/aromatic N) is 2. The molecular formula is C19H25N3O. The lowest BCUT2D eigenvalue weighted by molar-refractivity contribution is 0.240. The van der Waals surface area contributed by atoms with Crippen molar-refractivity contribution in [1.29, 1.82) is 0 Å². The van der Waals surface area contributed by atoms with Crippen molar-refractivity contribution in [2.24, 2.45) is 17.8 Å². The summed E-state index contributed by atoms with van der Waals surface area (Å²) in [5.74, 6) is 4.00. The highest BCUT2D eigenvalue weighted by atomic mass is 16.4. The molecule has 1 aromatic carbocycles. The minimum absolute atomic E-state index is 0.0917. The third-order valence-electron chi connectivity index (χ3n) is 5.78. The first kappa shape index (κ1) is 14.9. The summed E-state index contributed by atoms with van der Waals surface area (Å²) in [4.78, 5) is 0. The van der Waals surface area contributed by atoms with Gasteiger partial charge in [0, 0.05) is 11.6 Å². The zero-order valence-corrected chi connectivity index (χ0v) is 13.9. The fraction of sp³-hybridized carbons (Fsp3) is 0.579. The van der Waals surface area contributed by atoms with Crippen LogP contribution in [0.1, 0.15) is 51.5 Å². The molecule has 1 aromatic heterocycles. The minimum atomic E-state index is 0.0917. The van der Waals surface area contributed by atoms with E-state index in [9.17, 15) is 0 Å². The molecule has 2 aliphatic rings. The Morgan fingerprint density at radius 1 is 1.09 bits per heavy atom. The maximum atomic E-state index is 5.87. The third-order valence-corrected chi connectivity index (χ3v) is 5.78. The van der Waals surface area contributed by atoms with E-state index in [1.807, 2.05) is 30.3 Å². The topological polar surface area (TPSA) is 51.0 Å². The molecule has 2 aliphatic carbocycles. The Hall–Kier alpha value is -1.68. The predicted molar refractivity (Wildman–Crippen MR) is 89.7 cm³/mol. The van der Waals surface area contributed by atoms with E-state index in [0.717, 1.165) is 23.3 Å². The number of hydrogen-bond acceptors (Lipinski definition) is 4. The third kappa shape index (κ3) is 2.92. The Morgan fingerprint density at radius 3 is 2.61 bits per heavy atom. The molecule has 0 saturated heterocycles. The Kier molecular flexibility index (Phi) is 3.93. The summed E-state index contributed by atoms with van der Waals surface area (Å²) in [6, 6.07) is 10.5. The molecule has 4 nitrogen and oxygen atoms in total. The van der Waals surface area contributed by atoms with Gasteiger partial charge in [-0.3, -0.25) is 0 Å². The van der Waals surface area contributed by atoms with E-state index >= 15 is 0 Å². The van der Waals surface area contributed by atoms with Crippen LogP contribution in [0.4, 0.5) is 0 Å². The molecule has 23 heavy (non-hydrogen) atoms. The Labute approximate surface area is 137 Å². The smallest absolute Gasteiger partial charge is 0.247 e. The first-order chi connectivity index (χ1) is 11.2. The summed E-state index contributed by atoms with van der Waals surface area (Å²) < 4.78 is 5.87. The maximum Gasteiger partial charge on any atom is 0.247 e. The fourth-order valence-corrected chi connectivity index (χ4v) is 4.60. The maximum absolute atomic E-state index is 5.87. The first-order valence-corrected chi connectivity index (χ1v) is 8.85. The second-order valence-electron chi connectivity index (χ2n) is 7.33. The molecule has 0 aliphatic heterocycles. The van der Waals surface area contributed by atoms with Crippen LogP contribution in [-0.4, -0.2) is 16.2 Å². The van der Waals surface area contributed by atoms with E-state index in [2.05, 4.69) is 29.4 Å². The number of benzene rings is 1. The van der Waals surface area contributed by atoms with Gasteiger partial charge in [-0.25, -0.2) is 0 Å². The zero-order chi connectivity index (χ0) is 15.8. The molecule has 0 spiro atoms. The number of rotatable bonds is 5. The molecule has 0 amide bonds. The van der Waals surface area contributed by atoms with E-state index in [1.165, 1.54) is 25.7 Å². The highest BCUT2D eigenvalue weighted by Crippen LogP contribution is 2.49. The molecule has 1 heterocycles. The standard InChI is InChI=1S/C19H25N3O/c1-12(17-11-14-8-9-16(17)10-14)20-13(2)18-21-22-19(23-18)15-6-4-3-5-7-15/h3-7,12-14,16-17,20H,8-11H2,1-2H3. The molecule has 2 bridgehead atoms. The average molecular weight is 311 g/mol. The molecule has 2 aromatic rings. The molecule has 5 atom stereocenters. The molecule has 2 fully saturated rings. The summed E-state index contributed by atoms with van der Waals surface area (Å²) >= 11 is 0. The molecular weight excluding hydrogens is 286 g/mol. The van der Waals surface area contributed by atoms with Crippen molar-refractivity contribution in [2.75, 3.05) is 0 Å². The molecule has 4 rings (SSSR count). The van der Waals surface area contributed by atoms with Crippen LogP contribution in [-0.2, 0) is 0 Å². The van der Waals surface area contributed by atoms with Gasteiger partial charge in [-0.15, -0.1) is 10.2 Å².